The van der Waals surface area contributed by atoms with E-state index in [1.807, 2.05) is 6.07 Å². The zero-order chi connectivity index (χ0) is 12.1. The van der Waals surface area contributed by atoms with E-state index in [1.165, 1.54) is 0 Å². The highest BCUT2D eigenvalue weighted by molar-refractivity contribution is 5.75. The van der Waals surface area contributed by atoms with Gasteiger partial charge in [-0.3, -0.25) is 9.69 Å². The number of hydrogen-bond donors (Lipinski definition) is 1. The molecular weight excluding hydrogens is 216 g/mol. The van der Waals surface area contributed by atoms with Crippen molar-refractivity contribution in [3.05, 3.63) is 24.3 Å². The molecule has 1 aliphatic rings. The molecule has 0 radical (unpaired) electrons. The first-order valence-corrected chi connectivity index (χ1v) is 6.00. The fraction of sp³-hybridized carbons (Fsp3) is 0.583. The van der Waals surface area contributed by atoms with Crippen LogP contribution in [-0.4, -0.2) is 40.4 Å². The van der Waals surface area contributed by atoms with Crippen molar-refractivity contribution in [2.75, 3.05) is 19.6 Å². The Balaban J connectivity index is 1.78. The molecule has 0 unspecified atom stereocenters. The lowest BCUT2D eigenvalue weighted by molar-refractivity contribution is -0.119. The summed E-state index contributed by atoms with van der Waals surface area (Å²) in [4.78, 5) is 21.4. The summed E-state index contributed by atoms with van der Waals surface area (Å²) in [7, 11) is 0. The van der Waals surface area contributed by atoms with Gasteiger partial charge < -0.3 is 5.73 Å². The van der Waals surface area contributed by atoms with E-state index in [-0.39, 0.29) is 5.91 Å². The molecule has 2 heterocycles. The minimum absolute atomic E-state index is 0.241. The summed E-state index contributed by atoms with van der Waals surface area (Å²) >= 11 is 0. The second kappa shape index (κ2) is 5.72. The van der Waals surface area contributed by atoms with Crippen LogP contribution in [-0.2, 0) is 11.2 Å². The molecule has 1 aromatic heterocycles. The highest BCUT2D eigenvalue weighted by atomic mass is 16.1. The number of amides is 1. The molecule has 0 aromatic carbocycles. The van der Waals surface area contributed by atoms with Crippen molar-refractivity contribution in [3.63, 3.8) is 0 Å². The predicted octanol–water partition coefficient (Wildman–Crippen LogP) is 0.216. The highest BCUT2D eigenvalue weighted by Gasteiger charge is 2.20. The van der Waals surface area contributed by atoms with Gasteiger partial charge in [-0.15, -0.1) is 0 Å². The molecule has 1 aliphatic heterocycles. The van der Waals surface area contributed by atoms with E-state index in [9.17, 15) is 4.79 Å². The molecule has 0 atom stereocenters. The summed E-state index contributed by atoms with van der Waals surface area (Å²) in [5.41, 5.74) is 5.18. The Morgan fingerprint density at radius 3 is 2.59 bits per heavy atom. The fourth-order valence-electron chi connectivity index (χ4n) is 2.26. The van der Waals surface area contributed by atoms with Gasteiger partial charge in [0.15, 0.2) is 0 Å². The third kappa shape index (κ3) is 3.78. The topological polar surface area (TPSA) is 72.1 Å². The number of carbonyl (C=O) groups is 1. The Kier molecular flexibility index (Phi) is 4.03. The van der Waals surface area contributed by atoms with Gasteiger partial charge in [0.25, 0.3) is 0 Å². The van der Waals surface area contributed by atoms with Crippen LogP contribution in [0.2, 0.25) is 0 Å². The lowest BCUT2D eigenvalue weighted by Crippen LogP contribution is -2.40. The molecule has 1 aromatic rings. The van der Waals surface area contributed by atoms with Gasteiger partial charge in [-0.1, -0.05) is 0 Å². The monoisotopic (exact) mass is 234 g/mol. The van der Waals surface area contributed by atoms with Gasteiger partial charge in [0, 0.05) is 18.8 Å². The first-order chi connectivity index (χ1) is 8.24. The van der Waals surface area contributed by atoms with Crippen molar-refractivity contribution >= 4 is 5.91 Å². The Morgan fingerprint density at radius 1 is 1.35 bits per heavy atom. The molecule has 1 saturated heterocycles. The number of nitrogens with two attached hydrogens (primary N) is 1. The van der Waals surface area contributed by atoms with E-state index in [0.29, 0.717) is 12.5 Å². The van der Waals surface area contributed by atoms with Gasteiger partial charge in [-0.25, -0.2) is 9.97 Å². The van der Waals surface area contributed by atoms with Crippen molar-refractivity contribution in [2.45, 2.75) is 19.3 Å². The van der Waals surface area contributed by atoms with Crippen molar-refractivity contribution in [1.82, 2.24) is 14.9 Å². The van der Waals surface area contributed by atoms with Crippen LogP contribution < -0.4 is 5.73 Å². The van der Waals surface area contributed by atoms with Gasteiger partial charge in [0.05, 0.1) is 6.54 Å². The molecule has 0 spiro atoms. The number of piperidine rings is 1. The highest BCUT2D eigenvalue weighted by Crippen LogP contribution is 2.19. The maximum atomic E-state index is 10.8. The summed E-state index contributed by atoms with van der Waals surface area (Å²) < 4.78 is 0. The smallest absolute Gasteiger partial charge is 0.231 e. The van der Waals surface area contributed by atoms with Crippen LogP contribution in [0, 0.1) is 5.92 Å². The molecule has 17 heavy (non-hydrogen) atoms. The minimum atomic E-state index is -0.241. The maximum absolute atomic E-state index is 10.8. The van der Waals surface area contributed by atoms with Crippen LogP contribution in [0.15, 0.2) is 18.5 Å². The quantitative estimate of drug-likeness (QED) is 0.808. The number of nitrogens with zero attached hydrogens (tertiary/aromatic N) is 3. The van der Waals surface area contributed by atoms with Crippen LogP contribution in [0.4, 0.5) is 0 Å². The number of aromatic nitrogens is 2. The standard InChI is InChI=1S/C12H18N4O/c13-11(17)9-16-6-2-10(3-7-16)8-12-14-4-1-5-15-12/h1,4-5,10H,2-3,6-9H2,(H2,13,17). The van der Waals surface area contributed by atoms with Gasteiger partial charge in [-0.2, -0.15) is 0 Å². The van der Waals surface area contributed by atoms with Gasteiger partial charge in [0.2, 0.25) is 5.91 Å². The van der Waals surface area contributed by atoms with E-state index >= 15 is 0 Å². The second-order valence-electron chi connectivity index (χ2n) is 4.55. The first-order valence-electron chi connectivity index (χ1n) is 6.00. The third-order valence-corrected chi connectivity index (χ3v) is 3.18. The van der Waals surface area contributed by atoms with Crippen LogP contribution in [0.25, 0.3) is 0 Å². The number of hydrogen-bond acceptors (Lipinski definition) is 4. The van der Waals surface area contributed by atoms with Crippen LogP contribution in [0.5, 0.6) is 0 Å². The SMILES string of the molecule is NC(=O)CN1CCC(Cc2ncccn2)CC1. The lowest BCUT2D eigenvalue weighted by Gasteiger charge is -2.30. The van der Waals surface area contributed by atoms with E-state index < -0.39 is 0 Å². The molecule has 5 heteroatoms. The molecule has 5 nitrogen and oxygen atoms in total. The minimum Gasteiger partial charge on any atom is -0.369 e. The van der Waals surface area contributed by atoms with E-state index in [2.05, 4.69) is 14.9 Å². The summed E-state index contributed by atoms with van der Waals surface area (Å²) in [6.07, 6.45) is 6.68. The van der Waals surface area contributed by atoms with Gasteiger partial charge in [0.1, 0.15) is 5.82 Å². The van der Waals surface area contributed by atoms with Crippen LogP contribution >= 0.6 is 0 Å². The molecular formula is C12H18N4O. The molecule has 0 bridgehead atoms. The number of primary amides is 1. The fourth-order valence-corrected chi connectivity index (χ4v) is 2.26. The predicted molar refractivity (Wildman–Crippen MR) is 64.1 cm³/mol. The van der Waals surface area contributed by atoms with Gasteiger partial charge >= 0.3 is 0 Å². The Labute approximate surface area is 101 Å². The second-order valence-corrected chi connectivity index (χ2v) is 4.55. The van der Waals surface area contributed by atoms with Crippen molar-refractivity contribution < 1.29 is 4.79 Å². The summed E-state index contributed by atoms with van der Waals surface area (Å²) in [5.74, 6) is 1.30. The zero-order valence-electron chi connectivity index (χ0n) is 9.88. The van der Waals surface area contributed by atoms with Crippen molar-refractivity contribution in [2.24, 2.45) is 11.7 Å². The Morgan fingerprint density at radius 2 is 2.00 bits per heavy atom. The van der Waals surface area contributed by atoms with E-state index in [1.54, 1.807) is 12.4 Å². The normalized spacial score (nSPS) is 18.1. The third-order valence-electron chi connectivity index (χ3n) is 3.18. The van der Waals surface area contributed by atoms with E-state index in [4.69, 9.17) is 5.73 Å². The molecule has 2 rings (SSSR count). The van der Waals surface area contributed by atoms with E-state index in [0.717, 1.165) is 38.2 Å². The molecule has 2 N–H and O–H groups in total. The summed E-state index contributed by atoms with van der Waals surface area (Å²) in [6, 6.07) is 1.83. The van der Waals surface area contributed by atoms with Crippen molar-refractivity contribution in [3.8, 4) is 0 Å². The average molecular weight is 234 g/mol. The average Bonchev–Trinajstić information content (AvgIpc) is 2.32. The number of likely N-dealkylation sites (tertiary alicyclic amines) is 1. The summed E-state index contributed by atoms with van der Waals surface area (Å²) in [6.45, 7) is 2.27. The molecule has 1 fully saturated rings. The Bertz CT molecular complexity index is 360. The Hall–Kier alpha value is -1.49. The molecule has 0 saturated carbocycles. The largest absolute Gasteiger partial charge is 0.369 e. The molecule has 92 valence electrons. The summed E-state index contributed by atoms with van der Waals surface area (Å²) in [5, 5.41) is 0. The van der Waals surface area contributed by atoms with Crippen molar-refractivity contribution in [1.29, 1.82) is 0 Å². The first kappa shape index (κ1) is 12.0. The van der Waals surface area contributed by atoms with Crippen LogP contribution in [0.3, 0.4) is 0 Å². The molecule has 0 aliphatic carbocycles. The number of carbonyl (C=O) groups excluding carboxylic acids is 1. The lowest BCUT2D eigenvalue weighted by atomic mass is 9.93. The van der Waals surface area contributed by atoms with Gasteiger partial charge in [-0.05, 0) is 37.9 Å². The maximum Gasteiger partial charge on any atom is 0.231 e. The zero-order valence-corrected chi connectivity index (χ0v) is 9.88. The van der Waals surface area contributed by atoms with Crippen LogP contribution in [0.1, 0.15) is 18.7 Å². The molecule has 1 amide bonds. The number of rotatable bonds is 4.